The minimum absolute atomic E-state index is 0. The molecule has 0 aromatic heterocycles. The van der Waals surface area contributed by atoms with Crippen LogP contribution in [-0.2, 0) is 0 Å². The maximum absolute atomic E-state index is 13.3. The van der Waals surface area contributed by atoms with Crippen molar-refractivity contribution in [3.8, 4) is 33.4 Å². The summed E-state index contributed by atoms with van der Waals surface area (Å²) in [7, 11) is 0. The summed E-state index contributed by atoms with van der Waals surface area (Å²) in [5, 5.41) is 0. The SMILES string of the molecule is Fc1ccccc1-c1ccccc1.Fc1ccccc1-c1ccccc1.Fc1ccccc1-c1ccccc1.[B]. The van der Waals surface area contributed by atoms with E-state index in [1.165, 1.54) is 18.2 Å². The highest BCUT2D eigenvalue weighted by Crippen LogP contribution is 2.23. The molecule has 0 N–H and O–H groups in total. The van der Waals surface area contributed by atoms with Crippen LogP contribution in [0.15, 0.2) is 164 Å². The van der Waals surface area contributed by atoms with Gasteiger partial charge in [0, 0.05) is 25.1 Å². The van der Waals surface area contributed by atoms with Crippen LogP contribution in [-0.4, -0.2) is 8.41 Å². The van der Waals surface area contributed by atoms with Gasteiger partial charge in [0.1, 0.15) is 17.5 Å². The van der Waals surface area contributed by atoms with E-state index in [4.69, 9.17) is 0 Å². The second-order valence-corrected chi connectivity index (χ2v) is 8.54. The maximum atomic E-state index is 13.3. The highest BCUT2D eigenvalue weighted by Gasteiger charge is 2.03. The van der Waals surface area contributed by atoms with Crippen LogP contribution in [0.2, 0.25) is 0 Å². The van der Waals surface area contributed by atoms with Crippen LogP contribution >= 0.6 is 0 Å². The van der Waals surface area contributed by atoms with Crippen molar-refractivity contribution in [3.05, 3.63) is 181 Å². The van der Waals surface area contributed by atoms with Crippen molar-refractivity contribution in [1.82, 2.24) is 0 Å². The molecule has 0 aliphatic heterocycles. The first-order valence-corrected chi connectivity index (χ1v) is 12.5. The Morgan fingerprint density at radius 3 is 0.675 bits per heavy atom. The lowest BCUT2D eigenvalue weighted by atomic mass is 10.1. The third-order valence-corrected chi connectivity index (χ3v) is 5.88. The molecule has 0 nitrogen and oxygen atoms in total. The highest BCUT2D eigenvalue weighted by atomic mass is 19.1. The molecule has 6 rings (SSSR count). The summed E-state index contributed by atoms with van der Waals surface area (Å²) in [6, 6.07) is 49.0. The summed E-state index contributed by atoms with van der Waals surface area (Å²) < 4.78 is 39.8. The van der Waals surface area contributed by atoms with Crippen LogP contribution in [0.1, 0.15) is 0 Å². The first kappa shape index (κ1) is 29.7. The van der Waals surface area contributed by atoms with E-state index < -0.39 is 0 Å². The van der Waals surface area contributed by atoms with E-state index in [0.717, 1.165) is 16.7 Å². The van der Waals surface area contributed by atoms with E-state index in [1.807, 2.05) is 109 Å². The van der Waals surface area contributed by atoms with Crippen LogP contribution in [0.3, 0.4) is 0 Å². The quantitative estimate of drug-likeness (QED) is 0.201. The minimum atomic E-state index is -0.172. The van der Waals surface area contributed by atoms with Crippen LogP contribution in [0, 0.1) is 17.5 Å². The van der Waals surface area contributed by atoms with Gasteiger partial charge in [0.15, 0.2) is 0 Å². The van der Waals surface area contributed by atoms with Gasteiger partial charge in [-0.05, 0) is 34.9 Å². The van der Waals surface area contributed by atoms with Crippen LogP contribution in [0.4, 0.5) is 13.2 Å². The predicted octanol–water partition coefficient (Wildman–Crippen LogP) is 10.1. The molecule has 0 fully saturated rings. The number of halogens is 3. The second-order valence-electron chi connectivity index (χ2n) is 8.54. The number of benzene rings is 6. The minimum Gasteiger partial charge on any atom is -0.206 e. The van der Waals surface area contributed by atoms with Crippen molar-refractivity contribution in [1.29, 1.82) is 0 Å². The molecule has 40 heavy (non-hydrogen) atoms. The fourth-order valence-electron chi connectivity index (χ4n) is 3.94. The highest BCUT2D eigenvalue weighted by molar-refractivity contribution is 5.75. The molecular formula is C36H27BF3. The van der Waals surface area contributed by atoms with Gasteiger partial charge in [-0.2, -0.15) is 0 Å². The summed E-state index contributed by atoms with van der Waals surface area (Å²) in [6.45, 7) is 0. The number of hydrogen-bond acceptors (Lipinski definition) is 0. The molecule has 0 aliphatic carbocycles. The molecule has 0 heterocycles. The van der Waals surface area contributed by atoms with Gasteiger partial charge in [-0.15, -0.1) is 0 Å². The lowest BCUT2D eigenvalue weighted by Gasteiger charge is -2.01. The third kappa shape index (κ3) is 8.34. The Balaban J connectivity index is 0.000000163. The summed E-state index contributed by atoms with van der Waals surface area (Å²) in [6.07, 6.45) is 0. The Morgan fingerprint density at radius 1 is 0.250 bits per heavy atom. The van der Waals surface area contributed by atoms with Crippen LogP contribution in [0.25, 0.3) is 33.4 Å². The second kappa shape index (κ2) is 15.6. The van der Waals surface area contributed by atoms with Crippen molar-refractivity contribution in [2.75, 3.05) is 0 Å². The first-order valence-electron chi connectivity index (χ1n) is 12.5. The normalized spacial score (nSPS) is 9.68. The number of rotatable bonds is 3. The van der Waals surface area contributed by atoms with Crippen molar-refractivity contribution in [3.63, 3.8) is 0 Å². The zero-order valence-electron chi connectivity index (χ0n) is 21.8. The maximum Gasteiger partial charge on any atom is 0.131 e. The van der Waals surface area contributed by atoms with E-state index >= 15 is 0 Å². The van der Waals surface area contributed by atoms with Crippen molar-refractivity contribution >= 4 is 8.41 Å². The average Bonchev–Trinajstić information content (AvgIpc) is 3.00. The molecule has 0 spiro atoms. The molecule has 6 aromatic rings. The fourth-order valence-corrected chi connectivity index (χ4v) is 3.94. The van der Waals surface area contributed by atoms with Crippen LogP contribution < -0.4 is 0 Å². The zero-order valence-corrected chi connectivity index (χ0v) is 21.8. The summed E-state index contributed by atoms with van der Waals surface area (Å²) in [5.74, 6) is -0.517. The topological polar surface area (TPSA) is 0 Å². The average molecular weight is 527 g/mol. The molecule has 0 saturated heterocycles. The van der Waals surface area contributed by atoms with Crippen molar-refractivity contribution < 1.29 is 13.2 Å². The van der Waals surface area contributed by atoms with Gasteiger partial charge in [-0.25, -0.2) is 13.2 Å². The summed E-state index contributed by atoms with van der Waals surface area (Å²) in [5.41, 5.74) is 4.72. The lowest BCUT2D eigenvalue weighted by Crippen LogP contribution is -1.81. The summed E-state index contributed by atoms with van der Waals surface area (Å²) >= 11 is 0. The van der Waals surface area contributed by atoms with Crippen LogP contribution in [0.5, 0.6) is 0 Å². The molecule has 0 bridgehead atoms. The molecule has 0 unspecified atom stereocenters. The van der Waals surface area contributed by atoms with E-state index in [9.17, 15) is 13.2 Å². The molecule has 6 aromatic carbocycles. The molecule has 0 aliphatic rings. The van der Waals surface area contributed by atoms with Crippen molar-refractivity contribution in [2.24, 2.45) is 0 Å². The third-order valence-electron chi connectivity index (χ3n) is 5.88. The molecule has 0 saturated carbocycles. The smallest absolute Gasteiger partial charge is 0.131 e. The Morgan fingerprint density at radius 2 is 0.450 bits per heavy atom. The van der Waals surface area contributed by atoms with E-state index in [2.05, 4.69) is 0 Å². The zero-order chi connectivity index (χ0) is 27.3. The van der Waals surface area contributed by atoms with Gasteiger partial charge >= 0.3 is 0 Å². The number of hydrogen-bond donors (Lipinski definition) is 0. The van der Waals surface area contributed by atoms with Gasteiger partial charge < -0.3 is 0 Å². The molecule has 4 heteroatoms. The molecule has 0 amide bonds. The van der Waals surface area contributed by atoms with Gasteiger partial charge in [-0.3, -0.25) is 0 Å². The molecule has 3 radical (unpaired) electrons. The van der Waals surface area contributed by atoms with Gasteiger partial charge in [0.2, 0.25) is 0 Å². The van der Waals surface area contributed by atoms with Gasteiger partial charge in [-0.1, -0.05) is 146 Å². The van der Waals surface area contributed by atoms with Gasteiger partial charge in [0.25, 0.3) is 0 Å². The van der Waals surface area contributed by atoms with E-state index in [0.29, 0.717) is 16.7 Å². The largest absolute Gasteiger partial charge is 0.206 e. The molecule has 195 valence electrons. The van der Waals surface area contributed by atoms with E-state index in [-0.39, 0.29) is 25.9 Å². The fraction of sp³-hybridized carbons (Fsp3) is 0. The first-order chi connectivity index (χ1) is 19.1. The molecular weight excluding hydrogens is 500 g/mol. The molecule has 0 atom stereocenters. The Hall–Kier alpha value is -4.83. The lowest BCUT2D eigenvalue weighted by molar-refractivity contribution is 0.631. The Kier molecular flexibility index (Phi) is 11.6. The monoisotopic (exact) mass is 527 g/mol. The van der Waals surface area contributed by atoms with E-state index in [1.54, 1.807) is 36.4 Å². The summed E-state index contributed by atoms with van der Waals surface area (Å²) in [4.78, 5) is 0. The standard InChI is InChI=1S/3C12H9F.B/c3*13-12-9-5-4-8-11(12)10-6-2-1-3-7-10;/h3*1-9H;. The van der Waals surface area contributed by atoms with Gasteiger partial charge in [0.05, 0.1) is 0 Å². The van der Waals surface area contributed by atoms with Crippen molar-refractivity contribution in [2.45, 2.75) is 0 Å². The Bertz CT molecular complexity index is 1380. The predicted molar refractivity (Wildman–Crippen MR) is 161 cm³/mol. The Labute approximate surface area is 236 Å².